The van der Waals surface area contributed by atoms with Gasteiger partial charge < -0.3 is 9.52 Å². The summed E-state index contributed by atoms with van der Waals surface area (Å²) in [6.07, 6.45) is 0. The molecule has 3 rings (SSSR count). The van der Waals surface area contributed by atoms with Crippen LogP contribution < -0.4 is 5.43 Å². The van der Waals surface area contributed by atoms with Crippen molar-refractivity contribution in [3.63, 3.8) is 0 Å². The van der Waals surface area contributed by atoms with Crippen molar-refractivity contribution in [2.24, 2.45) is 5.10 Å². The van der Waals surface area contributed by atoms with Crippen molar-refractivity contribution in [3.05, 3.63) is 65.9 Å². The van der Waals surface area contributed by atoms with E-state index in [-0.39, 0.29) is 11.7 Å². The van der Waals surface area contributed by atoms with Gasteiger partial charge in [-0.2, -0.15) is 5.10 Å². The van der Waals surface area contributed by atoms with E-state index in [0.717, 1.165) is 11.0 Å². The van der Waals surface area contributed by atoms with Gasteiger partial charge in [0, 0.05) is 10.9 Å². The number of hydrogen-bond donors (Lipinski definition) is 2. The molecule has 5 heteroatoms. The molecule has 0 aliphatic heterocycles. The van der Waals surface area contributed by atoms with Gasteiger partial charge in [-0.25, -0.2) is 5.43 Å². The largest absolute Gasteiger partial charge is 0.508 e. The van der Waals surface area contributed by atoms with Crippen LogP contribution in [0.2, 0.25) is 0 Å². The van der Waals surface area contributed by atoms with Crippen LogP contribution in [0.25, 0.3) is 11.0 Å². The van der Waals surface area contributed by atoms with Crippen LogP contribution in [-0.2, 0) is 0 Å². The first kappa shape index (κ1) is 13.9. The molecule has 5 nitrogen and oxygen atoms in total. The average molecular weight is 294 g/mol. The molecule has 0 bridgehead atoms. The SMILES string of the molecule is CC(=NNC(=O)c1ccc(O)cc1)c1cc2ccccc2o1. The second-order valence-corrected chi connectivity index (χ2v) is 4.83. The molecule has 2 N–H and O–H groups in total. The summed E-state index contributed by atoms with van der Waals surface area (Å²) in [4.78, 5) is 11.9. The molecule has 0 saturated carbocycles. The molecule has 0 aliphatic rings. The van der Waals surface area contributed by atoms with Crippen LogP contribution in [0.15, 0.2) is 64.1 Å². The van der Waals surface area contributed by atoms with E-state index in [1.807, 2.05) is 30.3 Å². The predicted octanol–water partition coefficient (Wildman–Crippen LogP) is 3.29. The molecule has 0 unspecified atom stereocenters. The number of furan rings is 1. The highest BCUT2D eigenvalue weighted by Gasteiger charge is 2.08. The van der Waals surface area contributed by atoms with Gasteiger partial charge in [0.25, 0.3) is 5.91 Å². The second kappa shape index (κ2) is 5.73. The maximum atomic E-state index is 11.9. The average Bonchev–Trinajstić information content (AvgIpc) is 2.97. The standard InChI is InChI=1S/C17H14N2O3/c1-11(16-10-13-4-2-3-5-15(13)22-16)18-19-17(21)12-6-8-14(20)9-7-12/h2-10,20H,1H3,(H,19,21). The Morgan fingerprint density at radius 1 is 1.14 bits per heavy atom. The Balaban J connectivity index is 1.76. The van der Waals surface area contributed by atoms with Crippen molar-refractivity contribution < 1.29 is 14.3 Å². The predicted molar refractivity (Wildman–Crippen MR) is 84.0 cm³/mol. The third-order valence-electron chi connectivity index (χ3n) is 3.24. The van der Waals surface area contributed by atoms with E-state index in [9.17, 15) is 9.90 Å². The van der Waals surface area contributed by atoms with Crippen molar-refractivity contribution in [1.82, 2.24) is 5.43 Å². The van der Waals surface area contributed by atoms with Gasteiger partial charge in [0.1, 0.15) is 17.0 Å². The summed E-state index contributed by atoms with van der Waals surface area (Å²) in [5.41, 5.74) is 4.23. The number of amides is 1. The number of carbonyl (C=O) groups is 1. The molecule has 0 fully saturated rings. The van der Waals surface area contributed by atoms with E-state index in [0.29, 0.717) is 17.0 Å². The summed E-state index contributed by atoms with van der Waals surface area (Å²) in [6.45, 7) is 1.76. The fourth-order valence-corrected chi connectivity index (χ4v) is 2.03. The van der Waals surface area contributed by atoms with Crippen molar-refractivity contribution >= 4 is 22.6 Å². The molecule has 22 heavy (non-hydrogen) atoms. The first-order valence-electron chi connectivity index (χ1n) is 6.76. The highest BCUT2D eigenvalue weighted by Crippen LogP contribution is 2.19. The third-order valence-corrected chi connectivity index (χ3v) is 3.24. The Morgan fingerprint density at radius 3 is 2.59 bits per heavy atom. The Labute approximate surface area is 126 Å². The van der Waals surface area contributed by atoms with E-state index in [1.165, 1.54) is 24.3 Å². The maximum Gasteiger partial charge on any atom is 0.271 e. The lowest BCUT2D eigenvalue weighted by Gasteiger charge is -2.01. The summed E-state index contributed by atoms with van der Waals surface area (Å²) in [5, 5.41) is 14.2. The zero-order chi connectivity index (χ0) is 15.5. The van der Waals surface area contributed by atoms with E-state index in [1.54, 1.807) is 6.92 Å². The number of benzene rings is 2. The zero-order valence-electron chi connectivity index (χ0n) is 11.9. The number of carbonyl (C=O) groups excluding carboxylic acids is 1. The summed E-state index contributed by atoms with van der Waals surface area (Å²) in [7, 11) is 0. The lowest BCUT2D eigenvalue weighted by molar-refractivity contribution is 0.0955. The first-order chi connectivity index (χ1) is 10.6. The van der Waals surface area contributed by atoms with Crippen LogP contribution >= 0.6 is 0 Å². The van der Waals surface area contributed by atoms with Crippen molar-refractivity contribution in [2.75, 3.05) is 0 Å². The molecule has 0 atom stereocenters. The Kier molecular flexibility index (Phi) is 3.62. The molecular formula is C17H14N2O3. The molecule has 2 aromatic carbocycles. The minimum Gasteiger partial charge on any atom is -0.508 e. The Morgan fingerprint density at radius 2 is 1.86 bits per heavy atom. The quantitative estimate of drug-likeness (QED) is 0.575. The molecule has 0 saturated heterocycles. The number of hydrogen-bond acceptors (Lipinski definition) is 4. The summed E-state index contributed by atoms with van der Waals surface area (Å²) in [6, 6.07) is 15.5. The van der Waals surface area contributed by atoms with Gasteiger partial charge in [0.15, 0.2) is 5.76 Å². The smallest absolute Gasteiger partial charge is 0.271 e. The molecule has 0 aliphatic carbocycles. The van der Waals surface area contributed by atoms with Crippen LogP contribution in [0.5, 0.6) is 5.75 Å². The van der Waals surface area contributed by atoms with Gasteiger partial charge in [-0.15, -0.1) is 0 Å². The minimum atomic E-state index is -0.351. The van der Waals surface area contributed by atoms with Crippen LogP contribution in [0.1, 0.15) is 23.0 Å². The highest BCUT2D eigenvalue weighted by molar-refractivity contribution is 6.01. The van der Waals surface area contributed by atoms with Crippen LogP contribution in [-0.4, -0.2) is 16.7 Å². The number of para-hydroxylation sites is 1. The summed E-state index contributed by atoms with van der Waals surface area (Å²) >= 11 is 0. The van der Waals surface area contributed by atoms with Crippen molar-refractivity contribution in [2.45, 2.75) is 6.92 Å². The topological polar surface area (TPSA) is 74.8 Å². The van der Waals surface area contributed by atoms with Crippen LogP contribution in [0.4, 0.5) is 0 Å². The number of phenols is 1. The van der Waals surface area contributed by atoms with E-state index in [4.69, 9.17) is 4.42 Å². The van der Waals surface area contributed by atoms with Gasteiger partial charge in [-0.3, -0.25) is 4.79 Å². The molecule has 110 valence electrons. The van der Waals surface area contributed by atoms with Crippen LogP contribution in [0.3, 0.4) is 0 Å². The monoisotopic (exact) mass is 294 g/mol. The maximum absolute atomic E-state index is 11.9. The molecule has 1 amide bonds. The highest BCUT2D eigenvalue weighted by atomic mass is 16.3. The van der Waals surface area contributed by atoms with Gasteiger partial charge in [-0.05, 0) is 43.3 Å². The second-order valence-electron chi connectivity index (χ2n) is 4.83. The number of nitrogens with zero attached hydrogens (tertiary/aromatic N) is 1. The van der Waals surface area contributed by atoms with Gasteiger partial charge >= 0.3 is 0 Å². The number of fused-ring (bicyclic) bond motifs is 1. The Hall–Kier alpha value is -3.08. The lowest BCUT2D eigenvalue weighted by atomic mass is 10.2. The van der Waals surface area contributed by atoms with Gasteiger partial charge in [0.2, 0.25) is 0 Å². The van der Waals surface area contributed by atoms with E-state index in [2.05, 4.69) is 10.5 Å². The molecular weight excluding hydrogens is 280 g/mol. The Bertz CT molecular complexity index is 815. The number of nitrogens with one attached hydrogen (secondary N) is 1. The number of phenolic OH excluding ortho intramolecular Hbond substituents is 1. The summed E-state index contributed by atoms with van der Waals surface area (Å²) in [5.74, 6) is 0.362. The van der Waals surface area contributed by atoms with Crippen molar-refractivity contribution in [1.29, 1.82) is 0 Å². The van der Waals surface area contributed by atoms with Crippen molar-refractivity contribution in [3.8, 4) is 5.75 Å². The number of aromatic hydroxyl groups is 1. The molecule has 3 aromatic rings. The van der Waals surface area contributed by atoms with Gasteiger partial charge in [-0.1, -0.05) is 18.2 Å². The third kappa shape index (κ3) is 2.83. The molecule has 1 heterocycles. The van der Waals surface area contributed by atoms with E-state index >= 15 is 0 Å². The van der Waals surface area contributed by atoms with Gasteiger partial charge in [0.05, 0.1) is 0 Å². The first-order valence-corrected chi connectivity index (χ1v) is 6.76. The van der Waals surface area contributed by atoms with Crippen LogP contribution in [0, 0.1) is 0 Å². The fourth-order valence-electron chi connectivity index (χ4n) is 2.03. The molecule has 0 spiro atoms. The lowest BCUT2D eigenvalue weighted by Crippen LogP contribution is -2.19. The minimum absolute atomic E-state index is 0.110. The number of rotatable bonds is 3. The normalized spacial score (nSPS) is 11.6. The number of hydrazone groups is 1. The molecule has 1 aromatic heterocycles. The fraction of sp³-hybridized carbons (Fsp3) is 0.0588. The van der Waals surface area contributed by atoms with E-state index < -0.39 is 0 Å². The summed E-state index contributed by atoms with van der Waals surface area (Å²) < 4.78 is 5.67. The zero-order valence-corrected chi connectivity index (χ0v) is 11.9. The molecule has 0 radical (unpaired) electrons.